The van der Waals surface area contributed by atoms with Crippen LogP contribution in [0.5, 0.6) is 5.88 Å². The van der Waals surface area contributed by atoms with Crippen molar-refractivity contribution >= 4 is 5.82 Å². The van der Waals surface area contributed by atoms with Gasteiger partial charge in [0.05, 0.1) is 6.61 Å². The first-order valence-corrected chi connectivity index (χ1v) is 4.81. The van der Waals surface area contributed by atoms with Crippen molar-refractivity contribution in [2.45, 2.75) is 13.3 Å². The molecule has 78 valence electrons. The van der Waals surface area contributed by atoms with Gasteiger partial charge in [0.15, 0.2) is 0 Å². The summed E-state index contributed by atoms with van der Waals surface area (Å²) in [4.78, 5) is 4.22. The van der Waals surface area contributed by atoms with Crippen LogP contribution in [0.25, 0.3) is 0 Å². The lowest BCUT2D eigenvalue weighted by Gasteiger charge is -2.06. The molecular formula is C10H16N2O2. The number of ether oxygens (including phenoxy) is 1. The van der Waals surface area contributed by atoms with E-state index in [1.807, 2.05) is 25.1 Å². The lowest BCUT2D eigenvalue weighted by molar-refractivity contribution is 0.292. The summed E-state index contributed by atoms with van der Waals surface area (Å²) < 4.78 is 5.25. The van der Waals surface area contributed by atoms with Gasteiger partial charge in [0.25, 0.3) is 0 Å². The van der Waals surface area contributed by atoms with Gasteiger partial charge in [0, 0.05) is 19.2 Å². The zero-order chi connectivity index (χ0) is 10.2. The van der Waals surface area contributed by atoms with Crippen molar-refractivity contribution in [2.75, 3.05) is 25.1 Å². The summed E-state index contributed by atoms with van der Waals surface area (Å²) in [6, 6.07) is 5.58. The number of rotatable bonds is 6. The second kappa shape index (κ2) is 6.21. The van der Waals surface area contributed by atoms with Crippen molar-refractivity contribution < 1.29 is 9.84 Å². The van der Waals surface area contributed by atoms with Crippen LogP contribution in [0.4, 0.5) is 5.82 Å². The van der Waals surface area contributed by atoms with Gasteiger partial charge >= 0.3 is 0 Å². The summed E-state index contributed by atoms with van der Waals surface area (Å²) in [5.74, 6) is 1.41. The SMILES string of the molecule is CCOc1cccc(NCCCO)n1. The largest absolute Gasteiger partial charge is 0.478 e. The van der Waals surface area contributed by atoms with Crippen LogP contribution in [0.2, 0.25) is 0 Å². The maximum Gasteiger partial charge on any atom is 0.215 e. The number of nitrogens with one attached hydrogen (secondary N) is 1. The quantitative estimate of drug-likeness (QED) is 0.673. The summed E-state index contributed by atoms with van der Waals surface area (Å²) in [6.45, 7) is 3.46. The molecule has 4 nitrogen and oxygen atoms in total. The normalized spacial score (nSPS) is 9.86. The number of pyridine rings is 1. The van der Waals surface area contributed by atoms with E-state index in [1.54, 1.807) is 0 Å². The topological polar surface area (TPSA) is 54.4 Å². The van der Waals surface area contributed by atoms with Gasteiger partial charge in [-0.05, 0) is 19.4 Å². The highest BCUT2D eigenvalue weighted by Gasteiger charge is 1.96. The van der Waals surface area contributed by atoms with Crippen LogP contribution >= 0.6 is 0 Å². The fraction of sp³-hybridized carbons (Fsp3) is 0.500. The molecule has 0 radical (unpaired) electrons. The van der Waals surface area contributed by atoms with Crippen LogP contribution in [-0.2, 0) is 0 Å². The first-order chi connectivity index (χ1) is 6.86. The van der Waals surface area contributed by atoms with Crippen LogP contribution in [-0.4, -0.2) is 29.8 Å². The van der Waals surface area contributed by atoms with E-state index < -0.39 is 0 Å². The number of aliphatic hydroxyl groups excluding tert-OH is 1. The molecule has 14 heavy (non-hydrogen) atoms. The van der Waals surface area contributed by atoms with E-state index in [0.29, 0.717) is 12.5 Å². The maximum atomic E-state index is 8.60. The predicted octanol–water partition coefficient (Wildman–Crippen LogP) is 1.27. The molecule has 1 aromatic heterocycles. The van der Waals surface area contributed by atoms with E-state index in [1.165, 1.54) is 0 Å². The number of hydrogen-bond donors (Lipinski definition) is 2. The summed E-state index contributed by atoms with van der Waals surface area (Å²) in [5.41, 5.74) is 0. The third-order valence-electron chi connectivity index (χ3n) is 1.66. The van der Waals surface area contributed by atoms with Gasteiger partial charge in [0.2, 0.25) is 5.88 Å². The van der Waals surface area contributed by atoms with Gasteiger partial charge in [-0.2, -0.15) is 4.98 Å². The van der Waals surface area contributed by atoms with Crippen LogP contribution in [0.1, 0.15) is 13.3 Å². The number of anilines is 1. The third kappa shape index (κ3) is 3.62. The second-order valence-corrected chi connectivity index (χ2v) is 2.80. The summed E-state index contributed by atoms with van der Waals surface area (Å²) >= 11 is 0. The fourth-order valence-corrected chi connectivity index (χ4v) is 1.04. The molecule has 1 aromatic rings. The minimum atomic E-state index is 0.193. The predicted molar refractivity (Wildman–Crippen MR) is 55.6 cm³/mol. The van der Waals surface area contributed by atoms with Crippen molar-refractivity contribution in [2.24, 2.45) is 0 Å². The Morgan fingerprint density at radius 2 is 2.36 bits per heavy atom. The number of hydrogen-bond acceptors (Lipinski definition) is 4. The molecule has 1 heterocycles. The summed E-state index contributed by atoms with van der Waals surface area (Å²) in [5, 5.41) is 11.7. The maximum absolute atomic E-state index is 8.60. The first kappa shape index (κ1) is 10.8. The minimum absolute atomic E-state index is 0.193. The molecule has 0 unspecified atom stereocenters. The smallest absolute Gasteiger partial charge is 0.215 e. The average Bonchev–Trinajstić information content (AvgIpc) is 2.19. The van der Waals surface area contributed by atoms with E-state index in [4.69, 9.17) is 9.84 Å². The van der Waals surface area contributed by atoms with Crippen molar-refractivity contribution in [3.05, 3.63) is 18.2 Å². The molecule has 0 atom stereocenters. The molecule has 1 rings (SSSR count). The Morgan fingerprint density at radius 1 is 1.50 bits per heavy atom. The van der Waals surface area contributed by atoms with E-state index in [9.17, 15) is 0 Å². The monoisotopic (exact) mass is 196 g/mol. The van der Waals surface area contributed by atoms with Crippen LogP contribution in [0.15, 0.2) is 18.2 Å². The zero-order valence-corrected chi connectivity index (χ0v) is 8.36. The molecule has 0 amide bonds. The second-order valence-electron chi connectivity index (χ2n) is 2.80. The minimum Gasteiger partial charge on any atom is -0.478 e. The van der Waals surface area contributed by atoms with Crippen LogP contribution in [0.3, 0.4) is 0 Å². The molecule has 0 aliphatic carbocycles. The van der Waals surface area contributed by atoms with Gasteiger partial charge in [0.1, 0.15) is 5.82 Å². The number of aromatic nitrogens is 1. The van der Waals surface area contributed by atoms with Gasteiger partial charge < -0.3 is 15.2 Å². The summed E-state index contributed by atoms with van der Waals surface area (Å²) in [6.07, 6.45) is 0.723. The standard InChI is InChI=1S/C10H16N2O2/c1-2-14-10-6-3-5-9(12-10)11-7-4-8-13/h3,5-6,13H,2,4,7-8H2,1H3,(H,11,12). The molecule has 2 N–H and O–H groups in total. The Hall–Kier alpha value is -1.29. The van der Waals surface area contributed by atoms with Crippen molar-refractivity contribution in [3.8, 4) is 5.88 Å². The molecule has 0 fully saturated rings. The molecule has 0 saturated carbocycles. The molecule has 0 aromatic carbocycles. The van der Waals surface area contributed by atoms with Gasteiger partial charge in [-0.25, -0.2) is 0 Å². The van der Waals surface area contributed by atoms with Gasteiger partial charge in [-0.1, -0.05) is 6.07 Å². The van der Waals surface area contributed by atoms with E-state index in [-0.39, 0.29) is 6.61 Å². The number of aliphatic hydroxyl groups is 1. The Kier molecular flexibility index (Phi) is 4.78. The average molecular weight is 196 g/mol. The van der Waals surface area contributed by atoms with Crippen molar-refractivity contribution in [3.63, 3.8) is 0 Å². The van der Waals surface area contributed by atoms with Crippen LogP contribution < -0.4 is 10.1 Å². The van der Waals surface area contributed by atoms with Gasteiger partial charge in [-0.15, -0.1) is 0 Å². The molecule has 0 aliphatic heterocycles. The van der Waals surface area contributed by atoms with Crippen LogP contribution in [0, 0.1) is 0 Å². The summed E-state index contributed by atoms with van der Waals surface area (Å²) in [7, 11) is 0. The Morgan fingerprint density at radius 3 is 3.07 bits per heavy atom. The van der Waals surface area contributed by atoms with Gasteiger partial charge in [-0.3, -0.25) is 0 Å². The highest BCUT2D eigenvalue weighted by Crippen LogP contribution is 2.10. The molecule has 0 bridgehead atoms. The molecule has 0 saturated heterocycles. The Balaban J connectivity index is 2.46. The third-order valence-corrected chi connectivity index (χ3v) is 1.66. The highest BCUT2D eigenvalue weighted by molar-refractivity contribution is 5.36. The first-order valence-electron chi connectivity index (χ1n) is 4.81. The Bertz CT molecular complexity index is 266. The van der Waals surface area contributed by atoms with Crippen molar-refractivity contribution in [1.29, 1.82) is 0 Å². The fourth-order valence-electron chi connectivity index (χ4n) is 1.04. The lowest BCUT2D eigenvalue weighted by atomic mass is 10.4. The van der Waals surface area contributed by atoms with E-state index in [0.717, 1.165) is 18.8 Å². The lowest BCUT2D eigenvalue weighted by Crippen LogP contribution is -2.05. The molecule has 0 spiro atoms. The molecule has 4 heteroatoms. The number of nitrogens with zero attached hydrogens (tertiary/aromatic N) is 1. The zero-order valence-electron chi connectivity index (χ0n) is 8.36. The van der Waals surface area contributed by atoms with E-state index >= 15 is 0 Å². The Labute approximate surface area is 83.9 Å². The molecular weight excluding hydrogens is 180 g/mol. The molecule has 0 aliphatic rings. The van der Waals surface area contributed by atoms with Crippen molar-refractivity contribution in [1.82, 2.24) is 4.98 Å². The van der Waals surface area contributed by atoms with E-state index in [2.05, 4.69) is 10.3 Å². The highest BCUT2D eigenvalue weighted by atomic mass is 16.5.